The van der Waals surface area contributed by atoms with E-state index in [-0.39, 0.29) is 0 Å². The molecule has 8 atom stereocenters. The summed E-state index contributed by atoms with van der Waals surface area (Å²) in [5.41, 5.74) is 0.870. The zero-order valence-electron chi connectivity index (χ0n) is 19.2. The van der Waals surface area contributed by atoms with E-state index in [1.54, 1.807) is 0 Å². The first-order chi connectivity index (χ1) is 13.3. The fraction of sp³-hybridized carbons (Fsp3) is 0.889. The fourth-order valence-corrected chi connectivity index (χ4v) is 8.66. The van der Waals surface area contributed by atoms with Gasteiger partial charge in [0, 0.05) is 6.42 Å². The molecule has 0 radical (unpaired) electrons. The molecule has 4 rings (SSSR count). The molecular weight excluding hydrogens is 340 g/mol. The Morgan fingerprint density at radius 1 is 1.00 bits per heavy atom. The van der Waals surface area contributed by atoms with Crippen LogP contribution < -0.4 is 0 Å². The maximum Gasteiger partial charge on any atom is 0.155 e. The molecule has 0 saturated heterocycles. The van der Waals surface area contributed by atoms with Crippen molar-refractivity contribution in [3.63, 3.8) is 0 Å². The Balaban J connectivity index is 1.49. The molecule has 4 aliphatic carbocycles. The zero-order valence-corrected chi connectivity index (χ0v) is 19.2. The highest BCUT2D eigenvalue weighted by Crippen LogP contribution is 2.67. The first kappa shape index (κ1) is 20.7. The lowest BCUT2D eigenvalue weighted by Crippen LogP contribution is -2.52. The second kappa shape index (κ2) is 7.59. The van der Waals surface area contributed by atoms with Crippen LogP contribution in [0.1, 0.15) is 98.8 Å². The van der Waals surface area contributed by atoms with E-state index in [2.05, 4.69) is 40.7 Å². The topological polar surface area (TPSA) is 17.1 Å². The number of allylic oxidation sites excluding steroid dienone is 2. The van der Waals surface area contributed by atoms with Crippen LogP contribution in [0.3, 0.4) is 0 Å². The Bertz CT molecular complexity index is 618. The SMILES string of the molecule is CC(C)CCC[C@@H](C)[C@H]1CC[C@H]2[C@@H]3CC[C@H]4CC(=O)C=C[C@]4(C)[C@H]3CC[C@]12C. The van der Waals surface area contributed by atoms with Crippen LogP contribution in [0.2, 0.25) is 0 Å². The van der Waals surface area contributed by atoms with Gasteiger partial charge in [-0.3, -0.25) is 4.79 Å². The van der Waals surface area contributed by atoms with E-state index in [9.17, 15) is 4.79 Å². The average molecular weight is 385 g/mol. The molecule has 28 heavy (non-hydrogen) atoms. The van der Waals surface area contributed by atoms with Crippen LogP contribution in [-0.4, -0.2) is 5.78 Å². The fourth-order valence-electron chi connectivity index (χ4n) is 8.66. The summed E-state index contributed by atoms with van der Waals surface area (Å²) in [5, 5.41) is 0. The van der Waals surface area contributed by atoms with E-state index < -0.39 is 0 Å². The number of carbonyl (C=O) groups is 1. The van der Waals surface area contributed by atoms with Gasteiger partial charge in [0.2, 0.25) is 0 Å². The molecule has 0 heterocycles. The van der Waals surface area contributed by atoms with Gasteiger partial charge in [0.05, 0.1) is 0 Å². The third kappa shape index (κ3) is 3.33. The van der Waals surface area contributed by atoms with Gasteiger partial charge in [-0.2, -0.15) is 0 Å². The van der Waals surface area contributed by atoms with Crippen molar-refractivity contribution in [3.8, 4) is 0 Å². The monoisotopic (exact) mass is 384 g/mol. The second-order valence-corrected chi connectivity index (χ2v) is 12.1. The summed E-state index contributed by atoms with van der Waals surface area (Å²) >= 11 is 0. The van der Waals surface area contributed by atoms with E-state index in [1.807, 2.05) is 6.08 Å². The van der Waals surface area contributed by atoms with Crippen LogP contribution >= 0.6 is 0 Å². The molecule has 0 aromatic heterocycles. The first-order valence-electron chi connectivity index (χ1n) is 12.5. The smallest absolute Gasteiger partial charge is 0.155 e. The molecule has 0 aromatic carbocycles. The van der Waals surface area contributed by atoms with Gasteiger partial charge in [0.1, 0.15) is 0 Å². The van der Waals surface area contributed by atoms with Gasteiger partial charge in [-0.15, -0.1) is 0 Å². The summed E-state index contributed by atoms with van der Waals surface area (Å²) in [4.78, 5) is 12.0. The standard InChI is InChI=1S/C27H44O/c1-18(2)7-6-8-19(3)23-11-12-24-22-10-9-20-17-21(28)13-15-26(20,4)25(22)14-16-27(23,24)5/h13,15,18-20,22-25H,6-12,14,16-17H2,1-5H3/t19-,20+,22+,23-,24+,25+,26+,27-/m1/s1. The highest BCUT2D eigenvalue weighted by molar-refractivity contribution is 5.91. The van der Waals surface area contributed by atoms with Gasteiger partial charge in [-0.1, -0.05) is 60.0 Å². The number of fused-ring (bicyclic) bond motifs is 5. The van der Waals surface area contributed by atoms with E-state index in [1.165, 1.54) is 57.8 Å². The summed E-state index contributed by atoms with van der Waals surface area (Å²) in [6.07, 6.45) is 17.8. The average Bonchev–Trinajstić information content (AvgIpc) is 2.99. The summed E-state index contributed by atoms with van der Waals surface area (Å²) in [5.74, 6) is 6.34. The van der Waals surface area contributed by atoms with Crippen molar-refractivity contribution in [1.82, 2.24) is 0 Å². The van der Waals surface area contributed by atoms with E-state index in [4.69, 9.17) is 0 Å². The third-order valence-corrected chi connectivity index (χ3v) is 10.2. The van der Waals surface area contributed by atoms with Crippen molar-refractivity contribution < 1.29 is 4.79 Å². The molecule has 1 heteroatoms. The number of ketones is 1. The van der Waals surface area contributed by atoms with Crippen LogP contribution in [0.5, 0.6) is 0 Å². The lowest BCUT2D eigenvalue weighted by Gasteiger charge is -2.59. The maximum atomic E-state index is 12.0. The van der Waals surface area contributed by atoms with Gasteiger partial charge < -0.3 is 0 Å². The summed E-state index contributed by atoms with van der Waals surface area (Å²) < 4.78 is 0. The van der Waals surface area contributed by atoms with Gasteiger partial charge in [0.25, 0.3) is 0 Å². The van der Waals surface area contributed by atoms with Crippen molar-refractivity contribution >= 4 is 5.78 Å². The summed E-state index contributed by atoms with van der Waals surface area (Å²) in [7, 11) is 0. The van der Waals surface area contributed by atoms with Crippen LogP contribution in [0, 0.1) is 52.3 Å². The molecule has 0 spiro atoms. The molecule has 3 fully saturated rings. The molecule has 0 bridgehead atoms. The normalized spacial score (nSPS) is 46.2. The predicted octanol–water partition coefficient (Wildman–Crippen LogP) is 7.45. The number of hydrogen-bond acceptors (Lipinski definition) is 1. The van der Waals surface area contributed by atoms with Crippen LogP contribution in [-0.2, 0) is 4.79 Å². The van der Waals surface area contributed by atoms with Crippen molar-refractivity contribution in [2.24, 2.45) is 52.3 Å². The summed E-state index contributed by atoms with van der Waals surface area (Å²) in [6.45, 7) is 12.5. The van der Waals surface area contributed by atoms with Crippen LogP contribution in [0.25, 0.3) is 0 Å². The largest absolute Gasteiger partial charge is 0.295 e. The quantitative estimate of drug-likeness (QED) is 0.481. The highest BCUT2D eigenvalue weighted by Gasteiger charge is 2.59. The minimum atomic E-state index is 0.291. The van der Waals surface area contributed by atoms with Gasteiger partial charge in [0.15, 0.2) is 5.78 Å². The molecule has 0 unspecified atom stereocenters. The van der Waals surface area contributed by atoms with Crippen LogP contribution in [0.15, 0.2) is 12.2 Å². The molecule has 0 aliphatic heterocycles. The molecular formula is C27H44O. The first-order valence-corrected chi connectivity index (χ1v) is 12.5. The van der Waals surface area contributed by atoms with Gasteiger partial charge in [-0.25, -0.2) is 0 Å². The molecule has 1 nitrogen and oxygen atoms in total. The molecule has 158 valence electrons. The lowest BCUT2D eigenvalue weighted by atomic mass is 9.45. The molecule has 0 amide bonds. The molecule has 3 saturated carbocycles. The van der Waals surface area contributed by atoms with Crippen molar-refractivity contribution in [1.29, 1.82) is 0 Å². The molecule has 0 aromatic rings. The second-order valence-electron chi connectivity index (χ2n) is 12.1. The van der Waals surface area contributed by atoms with Gasteiger partial charge in [-0.05, 0) is 96.9 Å². The number of hydrogen-bond donors (Lipinski definition) is 0. The van der Waals surface area contributed by atoms with Crippen molar-refractivity contribution in [3.05, 3.63) is 12.2 Å². The van der Waals surface area contributed by atoms with Crippen molar-refractivity contribution in [2.45, 2.75) is 98.8 Å². The Hall–Kier alpha value is -0.590. The number of carbonyl (C=O) groups excluding carboxylic acids is 1. The Morgan fingerprint density at radius 2 is 1.79 bits per heavy atom. The highest BCUT2D eigenvalue weighted by atomic mass is 16.1. The lowest BCUT2D eigenvalue weighted by molar-refractivity contribution is -0.122. The minimum absolute atomic E-state index is 0.291. The zero-order chi connectivity index (χ0) is 20.1. The maximum absolute atomic E-state index is 12.0. The minimum Gasteiger partial charge on any atom is -0.295 e. The predicted molar refractivity (Wildman–Crippen MR) is 118 cm³/mol. The Labute approximate surface area is 174 Å². The van der Waals surface area contributed by atoms with Crippen LogP contribution in [0.4, 0.5) is 0 Å². The Kier molecular flexibility index (Phi) is 5.60. The van der Waals surface area contributed by atoms with E-state index in [0.29, 0.717) is 22.5 Å². The number of rotatable bonds is 5. The third-order valence-electron chi connectivity index (χ3n) is 10.2. The van der Waals surface area contributed by atoms with Crippen molar-refractivity contribution in [2.75, 3.05) is 0 Å². The Morgan fingerprint density at radius 3 is 2.54 bits per heavy atom. The summed E-state index contributed by atoms with van der Waals surface area (Å²) in [6, 6.07) is 0. The van der Waals surface area contributed by atoms with Gasteiger partial charge >= 0.3 is 0 Å². The van der Waals surface area contributed by atoms with E-state index >= 15 is 0 Å². The molecule has 0 N–H and O–H groups in total. The van der Waals surface area contributed by atoms with E-state index in [0.717, 1.165) is 41.9 Å². The molecule has 4 aliphatic rings.